The normalized spacial score (nSPS) is 17.8. The average Bonchev–Trinajstić information content (AvgIpc) is 2.56. The Morgan fingerprint density at radius 2 is 2.19 bits per heavy atom. The van der Waals surface area contributed by atoms with Gasteiger partial charge in [0.25, 0.3) is 5.69 Å². The highest BCUT2D eigenvalue weighted by molar-refractivity contribution is 5.99. The molecule has 1 aliphatic rings. The molecule has 1 unspecified atom stereocenters. The molecule has 1 aromatic rings. The van der Waals surface area contributed by atoms with Crippen LogP contribution in [0.4, 0.5) is 5.69 Å². The zero-order valence-electron chi connectivity index (χ0n) is 7.75. The van der Waals surface area contributed by atoms with E-state index >= 15 is 0 Å². The lowest BCUT2D eigenvalue weighted by molar-refractivity contribution is -0.385. The number of benzene rings is 1. The molecular weight excluding hydrogens is 218 g/mol. The van der Waals surface area contributed by atoms with E-state index in [9.17, 15) is 19.7 Å². The van der Waals surface area contributed by atoms with Crippen LogP contribution in [0.25, 0.3) is 0 Å². The zero-order valence-corrected chi connectivity index (χ0v) is 7.75. The van der Waals surface area contributed by atoms with Gasteiger partial charge in [-0.1, -0.05) is 6.07 Å². The highest BCUT2D eigenvalue weighted by Crippen LogP contribution is 2.37. The molecule has 0 fully saturated rings. The minimum atomic E-state index is -1.59. The molecule has 1 heterocycles. The number of hydrogen-bond acceptors (Lipinski definition) is 5. The predicted molar refractivity (Wildman–Crippen MR) is 48.9 cm³/mol. The summed E-state index contributed by atoms with van der Waals surface area (Å²) in [6.07, 6.45) is -1.59. The second-order valence-corrected chi connectivity index (χ2v) is 3.12. The summed E-state index contributed by atoms with van der Waals surface area (Å²) in [6, 6.07) is 3.74. The van der Waals surface area contributed by atoms with Crippen molar-refractivity contribution in [1.29, 1.82) is 0 Å². The number of carbonyl (C=O) groups is 2. The molecule has 0 saturated heterocycles. The molecular formula is C9H5NO6. The molecule has 7 heteroatoms. The summed E-state index contributed by atoms with van der Waals surface area (Å²) >= 11 is 0. The number of nitrogens with zero attached hydrogens (tertiary/aromatic N) is 1. The van der Waals surface area contributed by atoms with E-state index in [2.05, 4.69) is 4.74 Å². The minimum Gasteiger partial charge on any atom is -0.478 e. The summed E-state index contributed by atoms with van der Waals surface area (Å²) in [7, 11) is 0. The topological polar surface area (TPSA) is 107 Å². The molecule has 0 aromatic heterocycles. The van der Waals surface area contributed by atoms with Gasteiger partial charge in [-0.05, 0) is 6.07 Å². The van der Waals surface area contributed by atoms with E-state index in [0.29, 0.717) is 0 Å². The fourth-order valence-corrected chi connectivity index (χ4v) is 1.57. The third-order valence-electron chi connectivity index (χ3n) is 2.21. The average molecular weight is 223 g/mol. The van der Waals surface area contributed by atoms with Crippen molar-refractivity contribution in [3.05, 3.63) is 39.4 Å². The number of esters is 1. The fraction of sp³-hybridized carbons (Fsp3) is 0.111. The summed E-state index contributed by atoms with van der Waals surface area (Å²) in [6.45, 7) is 0. The molecule has 0 amide bonds. The Kier molecular flexibility index (Phi) is 2.08. The first kappa shape index (κ1) is 10.1. The summed E-state index contributed by atoms with van der Waals surface area (Å²) in [5.74, 6) is -2.28. The van der Waals surface area contributed by atoms with Crippen LogP contribution in [0.15, 0.2) is 18.2 Å². The number of hydrogen-bond donors (Lipinski definition) is 1. The molecule has 7 nitrogen and oxygen atoms in total. The predicted octanol–water partition coefficient (Wildman–Crippen LogP) is 0.891. The molecule has 2 rings (SSSR count). The van der Waals surface area contributed by atoms with Crippen LogP contribution in [0.1, 0.15) is 22.0 Å². The maximum atomic E-state index is 11.2. The molecule has 0 aliphatic carbocycles. The Labute approximate surface area is 88.4 Å². The fourth-order valence-electron chi connectivity index (χ4n) is 1.57. The van der Waals surface area contributed by atoms with Crippen molar-refractivity contribution in [2.24, 2.45) is 0 Å². The van der Waals surface area contributed by atoms with Gasteiger partial charge < -0.3 is 9.84 Å². The van der Waals surface area contributed by atoms with Gasteiger partial charge in [0.05, 0.1) is 16.1 Å². The van der Waals surface area contributed by atoms with Crippen molar-refractivity contribution >= 4 is 17.6 Å². The maximum Gasteiger partial charge on any atom is 0.350 e. The standard InChI is InChI=1S/C9H5NO6/c11-8(12)7-6-4(9(13)16-7)2-1-3-5(6)10(14)15/h1-3,7H,(H,11,12). The number of aliphatic carboxylic acids is 1. The van der Waals surface area contributed by atoms with Gasteiger partial charge in [-0.2, -0.15) is 0 Å². The molecule has 0 spiro atoms. The number of rotatable bonds is 2. The molecule has 1 atom stereocenters. The van der Waals surface area contributed by atoms with Crippen LogP contribution in [0.3, 0.4) is 0 Å². The highest BCUT2D eigenvalue weighted by Gasteiger charge is 2.41. The number of nitro groups is 1. The molecule has 82 valence electrons. The Morgan fingerprint density at radius 1 is 1.50 bits per heavy atom. The van der Waals surface area contributed by atoms with Gasteiger partial charge >= 0.3 is 11.9 Å². The van der Waals surface area contributed by atoms with E-state index < -0.39 is 28.7 Å². The van der Waals surface area contributed by atoms with Crippen LogP contribution >= 0.6 is 0 Å². The molecule has 0 bridgehead atoms. The lowest BCUT2D eigenvalue weighted by atomic mass is 10.0. The van der Waals surface area contributed by atoms with Crippen molar-refractivity contribution in [3.8, 4) is 0 Å². The maximum absolute atomic E-state index is 11.2. The number of fused-ring (bicyclic) bond motifs is 1. The lowest BCUT2D eigenvalue weighted by Crippen LogP contribution is -2.12. The molecule has 1 N–H and O–H groups in total. The number of carboxylic acids is 1. The van der Waals surface area contributed by atoms with Gasteiger partial charge in [-0.3, -0.25) is 10.1 Å². The Hall–Kier alpha value is -2.44. The molecule has 16 heavy (non-hydrogen) atoms. The van der Waals surface area contributed by atoms with Gasteiger partial charge in [0.15, 0.2) is 0 Å². The van der Waals surface area contributed by atoms with Crippen LogP contribution < -0.4 is 0 Å². The van der Waals surface area contributed by atoms with Gasteiger partial charge in [0.2, 0.25) is 6.10 Å². The van der Waals surface area contributed by atoms with E-state index in [1.807, 2.05) is 0 Å². The van der Waals surface area contributed by atoms with Crippen LogP contribution in [-0.4, -0.2) is 22.0 Å². The quantitative estimate of drug-likeness (QED) is 0.453. The van der Waals surface area contributed by atoms with Crippen LogP contribution in [0.5, 0.6) is 0 Å². The van der Waals surface area contributed by atoms with Gasteiger partial charge in [-0.15, -0.1) is 0 Å². The lowest BCUT2D eigenvalue weighted by Gasteiger charge is -2.04. The van der Waals surface area contributed by atoms with Crippen LogP contribution in [0.2, 0.25) is 0 Å². The number of carbonyl (C=O) groups excluding carboxylic acids is 1. The molecule has 1 aliphatic heterocycles. The number of carboxylic acid groups (broad SMARTS) is 1. The van der Waals surface area contributed by atoms with Crippen molar-refractivity contribution in [3.63, 3.8) is 0 Å². The summed E-state index contributed by atoms with van der Waals surface area (Å²) in [5.41, 5.74) is -0.678. The Balaban J connectivity index is 2.68. The van der Waals surface area contributed by atoms with Crippen molar-refractivity contribution < 1.29 is 24.4 Å². The Bertz CT molecular complexity index is 509. The first-order chi connectivity index (χ1) is 7.52. The highest BCUT2D eigenvalue weighted by atomic mass is 16.6. The van der Waals surface area contributed by atoms with Gasteiger partial charge in [0, 0.05) is 6.07 Å². The van der Waals surface area contributed by atoms with Gasteiger partial charge in [0.1, 0.15) is 0 Å². The second kappa shape index (κ2) is 3.30. The van der Waals surface area contributed by atoms with Crippen molar-refractivity contribution in [1.82, 2.24) is 0 Å². The van der Waals surface area contributed by atoms with E-state index in [4.69, 9.17) is 5.11 Å². The zero-order chi connectivity index (χ0) is 11.9. The summed E-state index contributed by atoms with van der Waals surface area (Å²) in [4.78, 5) is 32.0. The largest absolute Gasteiger partial charge is 0.478 e. The third-order valence-corrected chi connectivity index (χ3v) is 2.21. The Morgan fingerprint density at radius 3 is 2.75 bits per heavy atom. The minimum absolute atomic E-state index is 0.0680. The second-order valence-electron chi connectivity index (χ2n) is 3.12. The van der Waals surface area contributed by atoms with E-state index in [0.717, 1.165) is 6.07 Å². The van der Waals surface area contributed by atoms with Crippen LogP contribution in [0, 0.1) is 10.1 Å². The first-order valence-electron chi connectivity index (χ1n) is 4.23. The molecule has 0 saturated carbocycles. The molecule has 0 radical (unpaired) electrons. The van der Waals surface area contributed by atoms with E-state index in [1.165, 1.54) is 12.1 Å². The summed E-state index contributed by atoms with van der Waals surface area (Å²) in [5, 5.41) is 19.5. The van der Waals surface area contributed by atoms with Crippen molar-refractivity contribution in [2.45, 2.75) is 6.10 Å². The number of nitro benzene ring substituents is 1. The summed E-state index contributed by atoms with van der Waals surface area (Å²) < 4.78 is 4.54. The van der Waals surface area contributed by atoms with Crippen molar-refractivity contribution in [2.75, 3.05) is 0 Å². The SMILES string of the molecule is O=C1OC(C(=O)O)c2c1cccc2[N+](=O)[O-]. The molecule has 1 aromatic carbocycles. The smallest absolute Gasteiger partial charge is 0.350 e. The van der Waals surface area contributed by atoms with Gasteiger partial charge in [-0.25, -0.2) is 9.59 Å². The van der Waals surface area contributed by atoms with Crippen LogP contribution in [-0.2, 0) is 9.53 Å². The van der Waals surface area contributed by atoms with E-state index in [1.54, 1.807) is 0 Å². The first-order valence-corrected chi connectivity index (χ1v) is 4.23. The third kappa shape index (κ3) is 1.29. The van der Waals surface area contributed by atoms with E-state index in [-0.39, 0.29) is 11.1 Å². The monoisotopic (exact) mass is 223 g/mol. The number of ether oxygens (including phenoxy) is 1. The number of cyclic esters (lactones) is 1.